The lowest BCUT2D eigenvalue weighted by molar-refractivity contribution is -0.149. The highest BCUT2D eigenvalue weighted by Crippen LogP contribution is 2.19. The number of likely N-dealkylation sites (tertiary alicyclic amines) is 1. The summed E-state index contributed by atoms with van der Waals surface area (Å²) < 4.78 is 10.8. The summed E-state index contributed by atoms with van der Waals surface area (Å²) in [6.07, 6.45) is 1.79. The molecule has 0 bridgehead atoms. The molecule has 0 amide bonds. The Morgan fingerprint density at radius 2 is 1.89 bits per heavy atom. The molecule has 0 atom stereocenters. The van der Waals surface area contributed by atoms with Crippen molar-refractivity contribution in [2.75, 3.05) is 26.7 Å². The molecule has 0 radical (unpaired) electrons. The maximum absolute atomic E-state index is 11.9. The van der Waals surface area contributed by atoms with Crippen LogP contribution in [0.15, 0.2) is 29.3 Å². The molecule has 1 fully saturated rings. The number of nitrogens with zero attached hydrogens (tertiary/aromatic N) is 2. The summed E-state index contributed by atoms with van der Waals surface area (Å²) in [5.41, 5.74) is 1.17. The van der Waals surface area contributed by atoms with Gasteiger partial charge < -0.3 is 19.7 Å². The summed E-state index contributed by atoms with van der Waals surface area (Å²) in [7, 11) is 1.79. The number of carbonyl (C=O) groups is 1. The zero-order chi connectivity index (χ0) is 18.9. The van der Waals surface area contributed by atoms with Crippen LogP contribution < -0.4 is 10.1 Å². The van der Waals surface area contributed by atoms with Crippen LogP contribution >= 0.6 is 24.0 Å². The molecule has 2 rings (SSSR count). The van der Waals surface area contributed by atoms with E-state index in [-0.39, 0.29) is 42.0 Å². The third kappa shape index (κ3) is 7.56. The van der Waals surface area contributed by atoms with Gasteiger partial charge >= 0.3 is 5.97 Å². The molecule has 1 aliphatic heterocycles. The Morgan fingerprint density at radius 1 is 1.26 bits per heavy atom. The number of ether oxygens (including phenoxy) is 2. The summed E-state index contributed by atoms with van der Waals surface area (Å²) >= 11 is 0. The Balaban J connectivity index is 0.00000364. The second-order valence-electron chi connectivity index (χ2n) is 6.72. The molecule has 27 heavy (non-hydrogen) atoms. The van der Waals surface area contributed by atoms with E-state index in [0.29, 0.717) is 13.2 Å². The summed E-state index contributed by atoms with van der Waals surface area (Å²) in [5.74, 6) is 1.69. The zero-order valence-electron chi connectivity index (χ0n) is 16.7. The molecule has 1 N–H and O–H groups in total. The Labute approximate surface area is 179 Å². The minimum absolute atomic E-state index is 0. The fourth-order valence-electron chi connectivity index (χ4n) is 3.06. The smallest absolute Gasteiger partial charge is 0.309 e. The maximum Gasteiger partial charge on any atom is 0.309 e. The van der Waals surface area contributed by atoms with Gasteiger partial charge in [-0.15, -0.1) is 24.0 Å². The number of halogens is 1. The van der Waals surface area contributed by atoms with E-state index >= 15 is 0 Å². The van der Waals surface area contributed by atoms with Crippen LogP contribution in [0.5, 0.6) is 5.75 Å². The monoisotopic (exact) mass is 489 g/mol. The summed E-state index contributed by atoms with van der Waals surface area (Å²) in [6, 6.07) is 8.10. The number of guanidine groups is 1. The van der Waals surface area contributed by atoms with Crippen molar-refractivity contribution in [2.24, 2.45) is 10.9 Å². The molecule has 1 aromatic rings. The summed E-state index contributed by atoms with van der Waals surface area (Å²) in [4.78, 5) is 18.4. The van der Waals surface area contributed by atoms with Crippen molar-refractivity contribution in [3.8, 4) is 5.75 Å². The molecule has 1 saturated heterocycles. The van der Waals surface area contributed by atoms with Gasteiger partial charge in [0.15, 0.2) is 5.96 Å². The lowest BCUT2D eigenvalue weighted by Crippen LogP contribution is -2.46. The standard InChI is InChI=1S/C20H31N3O3.HI/c1-5-25-19(24)17-10-12-23(13-11-17)20(21-4)22-14-16-6-8-18(9-7-16)26-15(2)3;/h6-9,15,17H,5,10-14H2,1-4H3,(H,21,22);1H. The molecule has 0 unspecified atom stereocenters. The number of rotatable bonds is 6. The topological polar surface area (TPSA) is 63.2 Å². The Bertz CT molecular complexity index is 597. The fraction of sp³-hybridized carbons (Fsp3) is 0.600. The molecule has 1 heterocycles. The van der Waals surface area contributed by atoms with Gasteiger partial charge in [-0.25, -0.2) is 0 Å². The Hall–Kier alpha value is -1.51. The first-order chi connectivity index (χ1) is 12.5. The fourth-order valence-corrected chi connectivity index (χ4v) is 3.06. The van der Waals surface area contributed by atoms with Gasteiger partial charge in [-0.1, -0.05) is 12.1 Å². The van der Waals surface area contributed by atoms with Gasteiger partial charge in [0.1, 0.15) is 5.75 Å². The third-order valence-electron chi connectivity index (χ3n) is 4.37. The first kappa shape index (κ1) is 23.5. The van der Waals surface area contributed by atoms with E-state index in [1.807, 2.05) is 32.9 Å². The average Bonchev–Trinajstić information content (AvgIpc) is 2.64. The molecule has 0 aliphatic carbocycles. The van der Waals surface area contributed by atoms with E-state index in [9.17, 15) is 4.79 Å². The van der Waals surface area contributed by atoms with E-state index in [0.717, 1.165) is 37.6 Å². The Kier molecular flexibility index (Phi) is 10.5. The van der Waals surface area contributed by atoms with Crippen molar-refractivity contribution < 1.29 is 14.3 Å². The van der Waals surface area contributed by atoms with Gasteiger partial charge in [0, 0.05) is 26.7 Å². The van der Waals surface area contributed by atoms with Crippen LogP contribution in [0.1, 0.15) is 39.2 Å². The van der Waals surface area contributed by atoms with Crippen LogP contribution in [0.2, 0.25) is 0 Å². The maximum atomic E-state index is 11.9. The second kappa shape index (κ2) is 12.0. The SMILES string of the molecule is CCOC(=O)C1CCN(C(=NC)NCc2ccc(OC(C)C)cc2)CC1.I. The third-order valence-corrected chi connectivity index (χ3v) is 4.37. The number of hydrogen-bond acceptors (Lipinski definition) is 4. The highest BCUT2D eigenvalue weighted by Gasteiger charge is 2.27. The van der Waals surface area contributed by atoms with Crippen molar-refractivity contribution >= 4 is 35.9 Å². The van der Waals surface area contributed by atoms with Gasteiger partial charge in [-0.3, -0.25) is 9.79 Å². The largest absolute Gasteiger partial charge is 0.491 e. The highest BCUT2D eigenvalue weighted by molar-refractivity contribution is 14.0. The van der Waals surface area contributed by atoms with Crippen molar-refractivity contribution in [1.29, 1.82) is 0 Å². The lowest BCUT2D eigenvalue weighted by atomic mass is 9.97. The van der Waals surface area contributed by atoms with Crippen LogP contribution in [0.3, 0.4) is 0 Å². The van der Waals surface area contributed by atoms with Crippen LogP contribution in [-0.2, 0) is 16.1 Å². The van der Waals surface area contributed by atoms with Gasteiger partial charge in [-0.05, 0) is 51.3 Å². The number of esters is 1. The van der Waals surface area contributed by atoms with Gasteiger partial charge in [-0.2, -0.15) is 0 Å². The number of nitrogens with one attached hydrogen (secondary N) is 1. The predicted octanol–water partition coefficient (Wildman–Crippen LogP) is 3.44. The molecule has 0 aromatic heterocycles. The van der Waals surface area contributed by atoms with E-state index in [1.165, 1.54) is 5.56 Å². The predicted molar refractivity (Wildman–Crippen MR) is 119 cm³/mol. The van der Waals surface area contributed by atoms with E-state index < -0.39 is 0 Å². The quantitative estimate of drug-likeness (QED) is 0.287. The van der Waals surface area contributed by atoms with E-state index in [2.05, 4.69) is 27.3 Å². The van der Waals surface area contributed by atoms with Gasteiger partial charge in [0.2, 0.25) is 0 Å². The van der Waals surface area contributed by atoms with Gasteiger partial charge in [0.25, 0.3) is 0 Å². The minimum Gasteiger partial charge on any atom is -0.491 e. The van der Waals surface area contributed by atoms with Crippen molar-refractivity contribution in [3.05, 3.63) is 29.8 Å². The highest BCUT2D eigenvalue weighted by atomic mass is 127. The van der Waals surface area contributed by atoms with E-state index in [1.54, 1.807) is 7.05 Å². The minimum atomic E-state index is -0.0706. The van der Waals surface area contributed by atoms with E-state index in [4.69, 9.17) is 9.47 Å². The van der Waals surface area contributed by atoms with Crippen LogP contribution in [0.4, 0.5) is 0 Å². The summed E-state index contributed by atoms with van der Waals surface area (Å²) in [5, 5.41) is 3.40. The molecular weight excluding hydrogens is 457 g/mol. The Morgan fingerprint density at radius 3 is 2.41 bits per heavy atom. The molecule has 1 aliphatic rings. The first-order valence-electron chi connectivity index (χ1n) is 9.41. The number of hydrogen-bond donors (Lipinski definition) is 1. The average molecular weight is 489 g/mol. The van der Waals surface area contributed by atoms with Gasteiger partial charge in [0.05, 0.1) is 18.6 Å². The molecule has 1 aromatic carbocycles. The number of carbonyl (C=O) groups excluding carboxylic acids is 1. The normalized spacial score (nSPS) is 15.3. The number of aliphatic imine (C=N–C) groups is 1. The second-order valence-corrected chi connectivity index (χ2v) is 6.72. The lowest BCUT2D eigenvalue weighted by Gasteiger charge is -2.33. The molecule has 6 nitrogen and oxygen atoms in total. The van der Waals surface area contributed by atoms with Crippen LogP contribution in [-0.4, -0.2) is 49.7 Å². The molecule has 152 valence electrons. The van der Waals surface area contributed by atoms with Crippen LogP contribution in [0.25, 0.3) is 0 Å². The molecule has 0 saturated carbocycles. The van der Waals surface area contributed by atoms with Crippen LogP contribution in [0, 0.1) is 5.92 Å². The zero-order valence-corrected chi connectivity index (χ0v) is 19.1. The molecular formula is C20H32IN3O3. The molecule has 0 spiro atoms. The van der Waals surface area contributed by atoms with Crippen molar-refractivity contribution in [3.63, 3.8) is 0 Å². The number of piperidine rings is 1. The molecule has 7 heteroatoms. The summed E-state index contributed by atoms with van der Waals surface area (Å²) in [6.45, 7) is 8.65. The van der Waals surface area contributed by atoms with Crippen molar-refractivity contribution in [1.82, 2.24) is 10.2 Å². The van der Waals surface area contributed by atoms with Crippen molar-refractivity contribution in [2.45, 2.75) is 46.3 Å². The number of benzene rings is 1. The first-order valence-corrected chi connectivity index (χ1v) is 9.41.